The number of aldehydes is 1. The van der Waals surface area contributed by atoms with Crippen molar-refractivity contribution in [1.82, 2.24) is 24.7 Å². The largest absolute Gasteiger partial charge is 0.359 e. The van der Waals surface area contributed by atoms with Crippen LogP contribution in [0.25, 0.3) is 11.0 Å². The van der Waals surface area contributed by atoms with Crippen LogP contribution in [-0.4, -0.2) is 36.9 Å². The van der Waals surface area contributed by atoms with E-state index in [0.29, 0.717) is 35.0 Å². The first kappa shape index (κ1) is 20.6. The number of pyridine rings is 1. The average Bonchev–Trinajstić information content (AvgIpc) is 3.44. The molecule has 3 aromatic heterocycles. The molecule has 0 spiro atoms. The molecule has 33 heavy (non-hydrogen) atoms. The minimum absolute atomic E-state index is 0.00415. The highest BCUT2D eigenvalue weighted by Gasteiger charge is 2.46. The molecule has 1 aliphatic carbocycles. The van der Waals surface area contributed by atoms with Gasteiger partial charge in [-0.15, -0.1) is 10.2 Å². The zero-order valence-corrected chi connectivity index (χ0v) is 17.9. The molecule has 3 heterocycles. The number of anilines is 1. The number of aromatic amines is 1. The lowest BCUT2D eigenvalue weighted by molar-refractivity contribution is 0.102. The maximum absolute atomic E-state index is 12.9. The smallest absolute Gasteiger partial charge is 0.274 e. The molecule has 1 amide bonds. The van der Waals surface area contributed by atoms with Gasteiger partial charge in [0, 0.05) is 42.2 Å². The van der Waals surface area contributed by atoms with E-state index in [4.69, 9.17) is 0 Å². The molecule has 1 aliphatic rings. The fraction of sp³-hybridized carbons (Fsp3) is 0.250. The van der Waals surface area contributed by atoms with E-state index in [2.05, 4.69) is 31.6 Å². The van der Waals surface area contributed by atoms with E-state index in [1.54, 1.807) is 18.6 Å². The van der Waals surface area contributed by atoms with E-state index >= 15 is 0 Å². The first-order chi connectivity index (χ1) is 16.0. The Morgan fingerprint density at radius 3 is 2.94 bits per heavy atom. The van der Waals surface area contributed by atoms with Gasteiger partial charge in [0.25, 0.3) is 5.91 Å². The van der Waals surface area contributed by atoms with Gasteiger partial charge in [0.1, 0.15) is 17.8 Å². The molecule has 0 atom stereocenters. The Hall–Kier alpha value is -4.32. The Morgan fingerprint density at radius 2 is 2.21 bits per heavy atom. The molecule has 4 aromatic rings. The molecular formula is C24H21N7O2. The monoisotopic (exact) mass is 439 g/mol. The van der Waals surface area contributed by atoms with Crippen LogP contribution >= 0.6 is 0 Å². The zero-order chi connectivity index (χ0) is 23.0. The molecule has 1 fully saturated rings. The predicted octanol–water partition coefficient (Wildman–Crippen LogP) is 3.17. The summed E-state index contributed by atoms with van der Waals surface area (Å²) in [5, 5.41) is 20.5. The number of benzene rings is 1. The molecule has 2 N–H and O–H groups in total. The molecule has 1 saturated carbocycles. The summed E-state index contributed by atoms with van der Waals surface area (Å²) in [6.45, 7) is 0. The number of carbonyl (C=O) groups excluding carboxylic acids is 2. The number of hydrogen-bond donors (Lipinski definition) is 2. The number of nitrogens with one attached hydrogen (secondary N) is 2. The molecule has 0 aliphatic heterocycles. The molecule has 1 aromatic carbocycles. The van der Waals surface area contributed by atoms with Crippen molar-refractivity contribution >= 4 is 28.9 Å². The summed E-state index contributed by atoms with van der Waals surface area (Å²) in [4.78, 5) is 31.7. The molecule has 0 bridgehead atoms. The van der Waals surface area contributed by atoms with Crippen LogP contribution in [0.5, 0.6) is 0 Å². The van der Waals surface area contributed by atoms with Crippen molar-refractivity contribution < 1.29 is 9.59 Å². The quantitative estimate of drug-likeness (QED) is 0.444. The summed E-state index contributed by atoms with van der Waals surface area (Å²) in [6, 6.07) is 13.2. The topological polar surface area (TPSA) is 129 Å². The van der Waals surface area contributed by atoms with Gasteiger partial charge in [-0.1, -0.05) is 12.1 Å². The third-order valence-corrected chi connectivity index (χ3v) is 6.40. The summed E-state index contributed by atoms with van der Waals surface area (Å²) in [5.41, 5.74) is 3.12. The summed E-state index contributed by atoms with van der Waals surface area (Å²) in [5.74, 6) is 0.450. The van der Waals surface area contributed by atoms with Crippen molar-refractivity contribution in [3.63, 3.8) is 0 Å². The van der Waals surface area contributed by atoms with Gasteiger partial charge in [-0.25, -0.2) is 4.98 Å². The van der Waals surface area contributed by atoms with Gasteiger partial charge >= 0.3 is 0 Å². The first-order valence-corrected chi connectivity index (χ1v) is 10.6. The Balaban J connectivity index is 1.43. The van der Waals surface area contributed by atoms with Crippen LogP contribution < -0.4 is 5.32 Å². The molecule has 9 heteroatoms. The predicted molar refractivity (Wildman–Crippen MR) is 121 cm³/mol. The maximum Gasteiger partial charge on any atom is 0.274 e. The fourth-order valence-corrected chi connectivity index (χ4v) is 4.63. The van der Waals surface area contributed by atoms with Gasteiger partial charge in [0.05, 0.1) is 17.1 Å². The van der Waals surface area contributed by atoms with E-state index in [9.17, 15) is 14.9 Å². The van der Waals surface area contributed by atoms with Crippen LogP contribution in [0.15, 0.2) is 48.9 Å². The van der Waals surface area contributed by atoms with Gasteiger partial charge in [-0.3, -0.25) is 9.59 Å². The van der Waals surface area contributed by atoms with Crippen LogP contribution in [0, 0.1) is 17.2 Å². The Morgan fingerprint density at radius 1 is 1.36 bits per heavy atom. The number of fused-ring (bicyclic) bond motifs is 1. The molecule has 0 saturated heterocycles. The van der Waals surface area contributed by atoms with Gasteiger partial charge in [0.2, 0.25) is 0 Å². The molecular weight excluding hydrogens is 418 g/mol. The van der Waals surface area contributed by atoms with E-state index in [-0.39, 0.29) is 17.0 Å². The molecule has 0 radical (unpaired) electrons. The summed E-state index contributed by atoms with van der Waals surface area (Å²) in [7, 11) is 1.90. The van der Waals surface area contributed by atoms with Crippen molar-refractivity contribution in [2.45, 2.75) is 24.7 Å². The van der Waals surface area contributed by atoms with Crippen molar-refractivity contribution in [3.8, 4) is 6.07 Å². The number of aromatic nitrogens is 5. The number of hydrogen-bond acceptors (Lipinski definition) is 6. The van der Waals surface area contributed by atoms with Crippen molar-refractivity contribution in [3.05, 3.63) is 71.6 Å². The highest BCUT2D eigenvalue weighted by Crippen LogP contribution is 2.50. The number of aryl methyl sites for hydroxylation is 1. The van der Waals surface area contributed by atoms with E-state index in [1.807, 2.05) is 35.9 Å². The highest BCUT2D eigenvalue weighted by atomic mass is 16.2. The minimum Gasteiger partial charge on any atom is -0.359 e. The molecule has 164 valence electrons. The number of amides is 1. The van der Waals surface area contributed by atoms with Crippen LogP contribution in [0.1, 0.15) is 45.1 Å². The van der Waals surface area contributed by atoms with Crippen molar-refractivity contribution in [2.75, 3.05) is 5.32 Å². The molecule has 9 nitrogen and oxygen atoms in total. The van der Waals surface area contributed by atoms with Crippen molar-refractivity contribution in [1.29, 1.82) is 5.26 Å². The third-order valence-electron chi connectivity index (χ3n) is 6.40. The van der Waals surface area contributed by atoms with Crippen LogP contribution in [-0.2, 0) is 18.9 Å². The molecule has 0 unspecified atom stereocenters. The van der Waals surface area contributed by atoms with Gasteiger partial charge in [0.15, 0.2) is 6.29 Å². The number of carbonyl (C=O) groups is 2. The Bertz CT molecular complexity index is 1410. The number of H-pyrrole nitrogens is 1. The maximum atomic E-state index is 12.9. The molecule has 5 rings (SSSR count). The fourth-order valence-electron chi connectivity index (χ4n) is 4.63. The average molecular weight is 439 g/mol. The van der Waals surface area contributed by atoms with E-state index < -0.39 is 5.91 Å². The second-order valence-corrected chi connectivity index (χ2v) is 8.54. The minimum atomic E-state index is -0.399. The SMILES string of the molecule is Cn1cnnc1CC1(c2cccc(NC(=O)c3cc(C=O)c4[nH]ccc4n3)c2)CC(C#N)C1. The van der Waals surface area contributed by atoms with Crippen molar-refractivity contribution in [2.24, 2.45) is 13.0 Å². The van der Waals surface area contributed by atoms with E-state index in [1.165, 1.54) is 6.07 Å². The Kier molecular flexibility index (Phi) is 4.98. The van der Waals surface area contributed by atoms with Gasteiger partial charge in [-0.2, -0.15) is 5.26 Å². The standard InChI is InChI=1S/C24H21N7O2/c1-31-14-27-30-21(31)11-24(9-15(10-24)12-25)17-3-2-4-18(8-17)28-23(33)20-7-16(13-32)22-19(29-20)5-6-26-22/h2-8,13-15,26H,9-11H2,1H3,(H,28,33). The summed E-state index contributed by atoms with van der Waals surface area (Å²) >= 11 is 0. The zero-order valence-electron chi connectivity index (χ0n) is 17.9. The normalized spacial score (nSPS) is 19.6. The van der Waals surface area contributed by atoms with Gasteiger partial charge in [-0.05, 0) is 42.7 Å². The third kappa shape index (κ3) is 3.65. The summed E-state index contributed by atoms with van der Waals surface area (Å²) < 4.78 is 1.89. The lowest BCUT2D eigenvalue weighted by atomic mass is 9.57. The van der Waals surface area contributed by atoms with Crippen LogP contribution in [0.3, 0.4) is 0 Å². The van der Waals surface area contributed by atoms with Crippen LogP contribution in [0.4, 0.5) is 5.69 Å². The number of nitrogens with zero attached hydrogens (tertiary/aromatic N) is 5. The van der Waals surface area contributed by atoms with Gasteiger partial charge < -0.3 is 14.9 Å². The number of nitriles is 1. The number of rotatable bonds is 6. The second kappa shape index (κ2) is 7.98. The van der Waals surface area contributed by atoms with Crippen LogP contribution in [0.2, 0.25) is 0 Å². The van der Waals surface area contributed by atoms with E-state index in [0.717, 1.165) is 24.2 Å². The second-order valence-electron chi connectivity index (χ2n) is 8.54. The Labute approximate surface area is 189 Å². The lowest BCUT2D eigenvalue weighted by Crippen LogP contribution is -2.43. The lowest BCUT2D eigenvalue weighted by Gasteiger charge is -2.45. The summed E-state index contributed by atoms with van der Waals surface area (Å²) in [6.07, 6.45) is 6.16. The highest BCUT2D eigenvalue weighted by molar-refractivity contribution is 6.06. The first-order valence-electron chi connectivity index (χ1n) is 10.6.